The number of rotatable bonds is 4. The number of aryl methyl sites for hydroxylation is 2. The Labute approximate surface area is 414 Å². The van der Waals surface area contributed by atoms with Crippen molar-refractivity contribution in [2.24, 2.45) is 0 Å². The second kappa shape index (κ2) is 19.4. The molecule has 2 N–H and O–H groups in total. The number of hydrogen-bond acceptors (Lipinski definition) is 2. The number of hydrogen-bond donors (Lipinski definition) is 2. The van der Waals surface area contributed by atoms with Crippen molar-refractivity contribution in [1.29, 1.82) is 0 Å². The van der Waals surface area contributed by atoms with E-state index in [-0.39, 0.29) is 48.9 Å². The van der Waals surface area contributed by atoms with Crippen molar-refractivity contribution in [1.82, 2.24) is 0 Å². The van der Waals surface area contributed by atoms with Gasteiger partial charge in [-0.05, 0) is 70.9 Å². The van der Waals surface area contributed by atoms with Gasteiger partial charge in [0.15, 0.2) is 0 Å². The molecule has 0 spiro atoms. The maximum atomic E-state index is 9.57. The Bertz CT molecular complexity index is 2750. The van der Waals surface area contributed by atoms with E-state index in [0.717, 1.165) is 11.1 Å². The minimum atomic E-state index is -2.40. The number of phenolic OH excluding ortho intramolecular Hbond substituents is 2. The van der Waals surface area contributed by atoms with Crippen molar-refractivity contribution in [3.05, 3.63) is 238 Å². The molecule has 0 saturated carbocycles. The van der Waals surface area contributed by atoms with E-state index in [2.05, 4.69) is 200 Å². The molecule has 4 aliphatic carbocycles. The predicted molar refractivity (Wildman–Crippen MR) is 277 cm³/mol. The quantitative estimate of drug-likeness (QED) is 0.137. The Morgan fingerprint density at radius 1 is 0.485 bits per heavy atom. The van der Waals surface area contributed by atoms with E-state index in [4.69, 9.17) is 0 Å². The van der Waals surface area contributed by atoms with Crippen LogP contribution in [0.25, 0.3) is 22.3 Å². The largest absolute Gasteiger partial charge is 2.00 e. The van der Waals surface area contributed by atoms with Gasteiger partial charge in [-0.2, -0.15) is 0 Å². The van der Waals surface area contributed by atoms with Crippen molar-refractivity contribution >= 4 is 18.4 Å². The summed E-state index contributed by atoms with van der Waals surface area (Å²) in [5, 5.41) is 22.1. The van der Waals surface area contributed by atoms with Crippen LogP contribution in [0.1, 0.15) is 97.9 Å². The molecule has 4 aliphatic rings. The van der Waals surface area contributed by atoms with E-state index >= 15 is 0 Å². The van der Waals surface area contributed by atoms with E-state index in [1.165, 1.54) is 77.2 Å². The fourth-order valence-corrected chi connectivity index (χ4v) is 13.5. The third-order valence-corrected chi connectivity index (χ3v) is 16.6. The monoisotopic (exact) mass is 956 g/mol. The summed E-state index contributed by atoms with van der Waals surface area (Å²) < 4.78 is 0. The first kappa shape index (κ1) is 48.4. The molecular weight excluding hydrogens is 896 g/mol. The number of fused-ring (bicyclic) bond motifs is 6. The van der Waals surface area contributed by atoms with Gasteiger partial charge in [0.2, 0.25) is 0 Å². The van der Waals surface area contributed by atoms with Crippen molar-refractivity contribution in [3.63, 3.8) is 0 Å². The molecule has 10 rings (SSSR count). The molecule has 2 atom stereocenters. The molecule has 330 valence electrons. The zero-order valence-corrected chi connectivity index (χ0v) is 43.7. The first-order valence-electron chi connectivity index (χ1n) is 23.0. The van der Waals surface area contributed by atoms with Gasteiger partial charge in [-0.25, -0.2) is 0 Å². The van der Waals surface area contributed by atoms with Crippen molar-refractivity contribution < 1.29 is 36.4 Å². The molecule has 6 aromatic carbocycles. The van der Waals surface area contributed by atoms with Gasteiger partial charge in [-0.15, -0.1) is 80.2 Å². The molecule has 4 heteroatoms. The number of phenols is 2. The SMILES string of the molecule is C[Si](C)(c1c(-c2ccccc2)ccc2c1[C-]=C1C=CC=CC12)c1c(-c2ccccc2)ccc2c1[C-]=C1C=CC=CC12.Cc1ccc(O)c(C(C)(C)C)c1.Cc1ccc(O)c(C(C)(C)C)c1.[Zr+2]. The van der Waals surface area contributed by atoms with Gasteiger partial charge < -0.3 is 10.2 Å². The maximum Gasteiger partial charge on any atom is 2.00 e. The fourth-order valence-electron chi connectivity index (χ4n) is 9.82. The van der Waals surface area contributed by atoms with Crippen LogP contribution in [-0.4, -0.2) is 18.3 Å². The van der Waals surface area contributed by atoms with Gasteiger partial charge in [0.1, 0.15) is 11.5 Å². The van der Waals surface area contributed by atoms with Crippen molar-refractivity contribution in [2.75, 3.05) is 0 Å². The molecule has 0 radical (unpaired) electrons. The van der Waals surface area contributed by atoms with E-state index in [9.17, 15) is 10.2 Å². The molecule has 0 aromatic heterocycles. The van der Waals surface area contributed by atoms with Gasteiger partial charge in [0.25, 0.3) is 0 Å². The third-order valence-electron chi connectivity index (χ3n) is 13.1. The van der Waals surface area contributed by atoms with E-state index < -0.39 is 8.07 Å². The summed E-state index contributed by atoms with van der Waals surface area (Å²) in [7, 11) is -2.40. The van der Waals surface area contributed by atoms with Gasteiger partial charge in [-0.3, -0.25) is 0 Å². The van der Waals surface area contributed by atoms with Crippen LogP contribution >= 0.6 is 0 Å². The molecule has 0 saturated heterocycles. The number of aromatic hydroxyl groups is 2. The fraction of sp³-hybridized carbons (Fsp3) is 0.226. The molecule has 2 unspecified atom stereocenters. The zero-order chi connectivity index (χ0) is 46.3. The van der Waals surface area contributed by atoms with E-state index in [1.807, 2.05) is 38.1 Å². The summed E-state index contributed by atoms with van der Waals surface area (Å²) >= 11 is 0. The molecule has 0 bridgehead atoms. The summed E-state index contributed by atoms with van der Waals surface area (Å²) in [6.45, 7) is 21.8. The molecule has 0 amide bonds. The normalized spacial score (nSPS) is 16.3. The Morgan fingerprint density at radius 2 is 0.864 bits per heavy atom. The minimum absolute atomic E-state index is 0. The van der Waals surface area contributed by atoms with Gasteiger partial charge >= 0.3 is 26.2 Å². The summed E-state index contributed by atoms with van der Waals surface area (Å²) in [5.41, 5.74) is 17.6. The summed E-state index contributed by atoms with van der Waals surface area (Å²) in [4.78, 5) is 0. The number of allylic oxidation sites excluding steroid dienone is 10. The van der Waals surface area contributed by atoms with Crippen LogP contribution in [-0.2, 0) is 37.0 Å². The molecule has 0 heterocycles. The van der Waals surface area contributed by atoms with Crippen LogP contribution in [0, 0.1) is 26.0 Å². The first-order chi connectivity index (χ1) is 30.9. The van der Waals surface area contributed by atoms with Gasteiger partial charge in [-0.1, -0.05) is 210 Å². The Hall–Kier alpha value is -5.54. The smallest absolute Gasteiger partial charge is 0.508 e. The molecular formula is C62H62O2SiZr. The number of benzene rings is 6. The van der Waals surface area contributed by atoms with Gasteiger partial charge in [0, 0.05) is 8.07 Å². The van der Waals surface area contributed by atoms with Crippen LogP contribution in [0.15, 0.2) is 181 Å². The van der Waals surface area contributed by atoms with Crippen molar-refractivity contribution in [3.8, 4) is 33.8 Å². The van der Waals surface area contributed by atoms with Gasteiger partial charge in [0.05, 0.1) is 0 Å². The van der Waals surface area contributed by atoms with Crippen LogP contribution in [0.2, 0.25) is 13.1 Å². The van der Waals surface area contributed by atoms with Crippen LogP contribution in [0.4, 0.5) is 0 Å². The molecule has 6 aromatic rings. The predicted octanol–water partition coefficient (Wildman–Crippen LogP) is 14.4. The second-order valence-corrected chi connectivity index (χ2v) is 24.7. The standard InChI is InChI=1S/C40H30Si.2C11H16O.Zr/c1-41(2,39-33(27-13-5-3-6-14-27)21-23-35-31-19-11-9-17-29(31)25-37(35)39)40-34(28-15-7-4-8-16-28)22-24-36-32-20-12-10-18-30(32)26-38(36)40;2*1-8-5-6-10(12)9(7-8)11(2,3)4;/h3-24,31-32H,1-2H3;2*5-7,12H,1-4H3;/q-2;;;+2. The van der Waals surface area contributed by atoms with E-state index in [1.54, 1.807) is 12.1 Å². The molecule has 0 fully saturated rings. The summed E-state index contributed by atoms with van der Waals surface area (Å²) in [6, 6.07) is 42.8. The van der Waals surface area contributed by atoms with E-state index in [0.29, 0.717) is 11.5 Å². The van der Waals surface area contributed by atoms with Crippen molar-refractivity contribution in [2.45, 2.75) is 91.1 Å². The minimum Gasteiger partial charge on any atom is -0.508 e. The first-order valence-corrected chi connectivity index (χ1v) is 26.0. The molecule has 2 nitrogen and oxygen atoms in total. The Balaban J connectivity index is 0.000000213. The molecule has 0 aliphatic heterocycles. The Kier molecular flexibility index (Phi) is 14.2. The van der Waals surface area contributed by atoms with Crippen LogP contribution < -0.4 is 10.4 Å². The topological polar surface area (TPSA) is 40.5 Å². The molecule has 66 heavy (non-hydrogen) atoms. The average molecular weight is 958 g/mol. The third kappa shape index (κ3) is 9.78. The second-order valence-electron chi connectivity index (χ2n) is 20.4. The maximum absolute atomic E-state index is 9.57. The Morgan fingerprint density at radius 3 is 1.21 bits per heavy atom. The van der Waals surface area contributed by atoms with Crippen LogP contribution in [0.3, 0.4) is 0 Å². The summed E-state index contributed by atoms with van der Waals surface area (Å²) in [6.07, 6.45) is 25.6. The van der Waals surface area contributed by atoms with Crippen LogP contribution in [0.5, 0.6) is 11.5 Å². The summed E-state index contributed by atoms with van der Waals surface area (Å²) in [5.74, 6) is 1.36. The zero-order valence-electron chi connectivity index (χ0n) is 40.2. The average Bonchev–Trinajstić information content (AvgIpc) is 3.86.